The highest BCUT2D eigenvalue weighted by molar-refractivity contribution is 7.10. The molecular weight excluding hydrogens is 302 g/mol. The van der Waals surface area contributed by atoms with Crippen molar-refractivity contribution in [3.05, 3.63) is 39.3 Å². The highest BCUT2D eigenvalue weighted by Crippen LogP contribution is 2.24. The summed E-state index contributed by atoms with van der Waals surface area (Å²) in [5, 5.41) is 18.8. The van der Waals surface area contributed by atoms with Crippen LogP contribution in [0.25, 0.3) is 0 Å². The second-order valence-corrected chi connectivity index (χ2v) is 6.38. The number of aromatic nitrogens is 2. The number of carbonyl (C=O) groups excluding carboxylic acids is 2. The third kappa shape index (κ3) is 3.10. The molecule has 0 aliphatic heterocycles. The van der Waals surface area contributed by atoms with Crippen molar-refractivity contribution in [1.29, 1.82) is 0 Å². The van der Waals surface area contributed by atoms with Gasteiger partial charge in [-0.15, -0.1) is 11.3 Å². The van der Waals surface area contributed by atoms with Crippen molar-refractivity contribution in [3.63, 3.8) is 0 Å². The van der Waals surface area contributed by atoms with Gasteiger partial charge in [-0.05, 0) is 32.2 Å². The third-order valence-electron chi connectivity index (χ3n) is 3.59. The van der Waals surface area contributed by atoms with Gasteiger partial charge in [0.05, 0.1) is 17.8 Å². The minimum Gasteiger partial charge on any atom is -0.383 e. The molecule has 0 spiro atoms. The smallest absolute Gasteiger partial charge is 0.292 e. The lowest BCUT2D eigenvalue weighted by atomic mass is 10.0. The highest BCUT2D eigenvalue weighted by atomic mass is 32.1. The van der Waals surface area contributed by atoms with E-state index in [4.69, 9.17) is 0 Å². The molecule has 0 aliphatic carbocycles. The summed E-state index contributed by atoms with van der Waals surface area (Å²) in [5.41, 5.74) is 0.270. The van der Waals surface area contributed by atoms with Crippen LogP contribution < -0.4 is 5.32 Å². The number of nitrogens with one attached hydrogen (secondary N) is 1. The number of thiophene rings is 1. The minimum absolute atomic E-state index is 0.0313. The van der Waals surface area contributed by atoms with Crippen molar-refractivity contribution in [1.82, 2.24) is 15.1 Å². The first-order valence-electron chi connectivity index (χ1n) is 6.83. The number of Topliss-reactive ketones (excluding diaryl/α,β-unsaturated/α-hetero) is 1. The first-order valence-corrected chi connectivity index (χ1v) is 7.71. The van der Waals surface area contributed by atoms with Crippen LogP contribution in [0.3, 0.4) is 0 Å². The number of nitrogens with zero attached hydrogens (tertiary/aromatic N) is 2. The Kier molecular flexibility index (Phi) is 4.48. The first-order chi connectivity index (χ1) is 10.2. The van der Waals surface area contributed by atoms with E-state index < -0.39 is 17.3 Å². The second-order valence-electron chi connectivity index (χ2n) is 5.43. The lowest BCUT2D eigenvalue weighted by molar-refractivity contribution is -0.118. The molecule has 0 radical (unpaired) electrons. The number of rotatable bonds is 5. The maximum absolute atomic E-state index is 12.3. The number of carbonyl (C=O) groups is 2. The number of hydrogen-bond donors (Lipinski definition) is 2. The van der Waals surface area contributed by atoms with E-state index in [0.717, 1.165) is 4.88 Å². The van der Waals surface area contributed by atoms with E-state index in [2.05, 4.69) is 10.4 Å². The maximum atomic E-state index is 12.3. The first kappa shape index (κ1) is 16.4. The Morgan fingerprint density at radius 2 is 2.14 bits per heavy atom. The Labute approximate surface area is 132 Å². The molecule has 22 heavy (non-hydrogen) atoms. The quantitative estimate of drug-likeness (QED) is 0.642. The number of amides is 1. The number of hydrogen-bond acceptors (Lipinski definition) is 5. The van der Waals surface area contributed by atoms with Crippen LogP contribution in [0.1, 0.15) is 33.5 Å². The molecule has 1 unspecified atom stereocenters. The van der Waals surface area contributed by atoms with Gasteiger partial charge in [0.25, 0.3) is 11.7 Å². The predicted molar refractivity (Wildman–Crippen MR) is 83.9 cm³/mol. The molecule has 6 nitrogen and oxygen atoms in total. The van der Waals surface area contributed by atoms with Crippen molar-refractivity contribution in [3.8, 4) is 0 Å². The molecule has 0 aliphatic rings. The predicted octanol–water partition coefficient (Wildman–Crippen LogP) is 1.31. The van der Waals surface area contributed by atoms with Crippen LogP contribution in [0.15, 0.2) is 17.5 Å². The molecule has 0 saturated heterocycles. The van der Waals surface area contributed by atoms with Gasteiger partial charge in [-0.3, -0.25) is 14.3 Å². The summed E-state index contributed by atoms with van der Waals surface area (Å²) in [6.07, 6.45) is 0. The third-order valence-corrected chi connectivity index (χ3v) is 4.71. The summed E-state index contributed by atoms with van der Waals surface area (Å²) in [7, 11) is 1.72. The summed E-state index contributed by atoms with van der Waals surface area (Å²) in [6, 6.07) is 3.61. The fraction of sp³-hybridized carbons (Fsp3) is 0.400. The van der Waals surface area contributed by atoms with Crippen LogP contribution in [0.4, 0.5) is 0 Å². The van der Waals surface area contributed by atoms with E-state index in [1.165, 1.54) is 11.3 Å². The zero-order chi connectivity index (χ0) is 16.5. The SMILES string of the molecule is Cc1nn(C)c(C)c1C(=O)C(=O)NCC(C)(O)c1cccs1. The van der Waals surface area contributed by atoms with E-state index in [1.807, 2.05) is 11.4 Å². The normalized spacial score (nSPS) is 13.7. The molecule has 0 bridgehead atoms. The Hall–Kier alpha value is -1.99. The summed E-state index contributed by atoms with van der Waals surface area (Å²) < 4.78 is 1.57. The van der Waals surface area contributed by atoms with Gasteiger partial charge in [-0.2, -0.15) is 5.10 Å². The van der Waals surface area contributed by atoms with Gasteiger partial charge in [-0.25, -0.2) is 0 Å². The molecule has 0 saturated carbocycles. The zero-order valence-corrected chi connectivity index (χ0v) is 13.8. The molecule has 2 aromatic heterocycles. The number of aliphatic hydroxyl groups is 1. The van der Waals surface area contributed by atoms with Crippen LogP contribution in [0.2, 0.25) is 0 Å². The molecule has 0 fully saturated rings. The molecule has 7 heteroatoms. The Bertz CT molecular complexity index is 702. The summed E-state index contributed by atoms with van der Waals surface area (Å²) in [6.45, 7) is 5.00. The van der Waals surface area contributed by atoms with Crippen molar-refractivity contribution < 1.29 is 14.7 Å². The Morgan fingerprint density at radius 1 is 1.45 bits per heavy atom. The number of ketones is 1. The minimum atomic E-state index is -1.21. The van der Waals surface area contributed by atoms with E-state index in [0.29, 0.717) is 17.0 Å². The van der Waals surface area contributed by atoms with Crippen molar-refractivity contribution >= 4 is 23.0 Å². The lowest BCUT2D eigenvalue weighted by Crippen LogP contribution is -2.41. The van der Waals surface area contributed by atoms with E-state index >= 15 is 0 Å². The van der Waals surface area contributed by atoms with E-state index in [1.54, 1.807) is 38.6 Å². The largest absolute Gasteiger partial charge is 0.383 e. The fourth-order valence-corrected chi connectivity index (χ4v) is 3.01. The average molecular weight is 321 g/mol. The zero-order valence-electron chi connectivity index (χ0n) is 13.0. The Balaban J connectivity index is 2.08. The van der Waals surface area contributed by atoms with Gasteiger partial charge in [-0.1, -0.05) is 6.07 Å². The summed E-state index contributed by atoms with van der Waals surface area (Å²) >= 11 is 1.39. The van der Waals surface area contributed by atoms with Crippen LogP contribution >= 0.6 is 11.3 Å². The van der Waals surface area contributed by atoms with Crippen LogP contribution in [-0.4, -0.2) is 33.1 Å². The molecule has 0 aromatic carbocycles. The molecule has 2 aromatic rings. The Morgan fingerprint density at radius 3 is 2.64 bits per heavy atom. The molecule has 2 N–H and O–H groups in total. The monoisotopic (exact) mass is 321 g/mol. The van der Waals surface area contributed by atoms with Gasteiger partial charge < -0.3 is 10.4 Å². The maximum Gasteiger partial charge on any atom is 0.292 e. The molecule has 1 atom stereocenters. The van der Waals surface area contributed by atoms with Gasteiger partial charge >= 0.3 is 0 Å². The van der Waals surface area contributed by atoms with Crippen LogP contribution in [0, 0.1) is 13.8 Å². The average Bonchev–Trinajstić information content (AvgIpc) is 3.06. The van der Waals surface area contributed by atoms with Gasteiger partial charge in [0.2, 0.25) is 0 Å². The molecule has 2 rings (SSSR count). The van der Waals surface area contributed by atoms with Crippen molar-refractivity contribution in [2.24, 2.45) is 7.05 Å². The summed E-state index contributed by atoms with van der Waals surface area (Å²) in [4.78, 5) is 25.1. The van der Waals surface area contributed by atoms with Crippen LogP contribution in [-0.2, 0) is 17.4 Å². The summed E-state index contributed by atoms with van der Waals surface area (Å²) in [5.74, 6) is -1.37. The standard InChI is InChI=1S/C15H19N3O3S/c1-9-12(10(2)18(4)17-9)13(19)14(20)16-8-15(3,21)11-6-5-7-22-11/h5-7,21H,8H2,1-4H3,(H,16,20). The molecule has 118 valence electrons. The second kappa shape index (κ2) is 6.02. The van der Waals surface area contributed by atoms with Crippen molar-refractivity contribution in [2.45, 2.75) is 26.4 Å². The van der Waals surface area contributed by atoms with Crippen molar-refractivity contribution in [2.75, 3.05) is 6.54 Å². The van der Waals surface area contributed by atoms with Gasteiger partial charge in [0, 0.05) is 17.6 Å². The molecule has 1 amide bonds. The van der Waals surface area contributed by atoms with Gasteiger partial charge in [0.15, 0.2) is 0 Å². The fourth-order valence-electron chi connectivity index (χ4n) is 2.22. The van der Waals surface area contributed by atoms with Gasteiger partial charge in [0.1, 0.15) is 5.60 Å². The molecular formula is C15H19N3O3S. The van der Waals surface area contributed by atoms with E-state index in [9.17, 15) is 14.7 Å². The topological polar surface area (TPSA) is 84.2 Å². The molecule has 2 heterocycles. The highest BCUT2D eigenvalue weighted by Gasteiger charge is 2.28. The van der Waals surface area contributed by atoms with E-state index in [-0.39, 0.29) is 6.54 Å². The van der Waals surface area contributed by atoms with Crippen LogP contribution in [0.5, 0.6) is 0 Å². The number of aryl methyl sites for hydroxylation is 2. The lowest BCUT2D eigenvalue weighted by Gasteiger charge is -2.22.